The standard InChI is InChI=1S/C22H29NO/c1-18-8-14-22(15-9-18)24-17-16-23(2)21-12-10-20(11-13-21)19-6-4-3-5-7-19/h3-9,14-15,20-21H,10-13,16-17H2,1-2H3. The Labute approximate surface area is 146 Å². The monoisotopic (exact) mass is 323 g/mol. The third-order valence-electron chi connectivity index (χ3n) is 5.32. The van der Waals surface area contributed by atoms with Crippen LogP contribution >= 0.6 is 0 Å². The largest absolute Gasteiger partial charge is 0.492 e. The van der Waals surface area contributed by atoms with E-state index < -0.39 is 0 Å². The first-order valence-corrected chi connectivity index (χ1v) is 9.17. The normalized spacial score (nSPS) is 21.0. The number of likely N-dealkylation sites (N-methyl/N-ethyl adjacent to an activating group) is 1. The van der Waals surface area contributed by atoms with Crippen molar-refractivity contribution in [1.29, 1.82) is 0 Å². The van der Waals surface area contributed by atoms with Gasteiger partial charge in [-0.3, -0.25) is 0 Å². The van der Waals surface area contributed by atoms with E-state index in [1.54, 1.807) is 0 Å². The molecule has 128 valence electrons. The highest BCUT2D eigenvalue weighted by Gasteiger charge is 2.24. The molecule has 0 bridgehead atoms. The molecule has 0 radical (unpaired) electrons. The zero-order valence-corrected chi connectivity index (χ0v) is 14.9. The maximum atomic E-state index is 5.87. The highest BCUT2D eigenvalue weighted by Crippen LogP contribution is 2.34. The second-order valence-electron chi connectivity index (χ2n) is 7.06. The minimum atomic E-state index is 0.701. The van der Waals surface area contributed by atoms with Gasteiger partial charge in [0.25, 0.3) is 0 Å². The van der Waals surface area contributed by atoms with Crippen molar-refractivity contribution < 1.29 is 4.74 Å². The van der Waals surface area contributed by atoms with Crippen molar-refractivity contribution in [2.24, 2.45) is 0 Å². The fraction of sp³-hybridized carbons (Fsp3) is 0.455. The highest BCUT2D eigenvalue weighted by molar-refractivity contribution is 5.26. The summed E-state index contributed by atoms with van der Waals surface area (Å²) in [5, 5.41) is 0. The first-order chi connectivity index (χ1) is 11.7. The molecule has 0 aliphatic heterocycles. The molecule has 0 heterocycles. The molecule has 2 heteroatoms. The number of hydrogen-bond acceptors (Lipinski definition) is 2. The Kier molecular flexibility index (Phi) is 5.92. The fourth-order valence-corrected chi connectivity index (χ4v) is 3.70. The third kappa shape index (κ3) is 4.61. The summed E-state index contributed by atoms with van der Waals surface area (Å²) in [4.78, 5) is 2.48. The third-order valence-corrected chi connectivity index (χ3v) is 5.32. The zero-order valence-electron chi connectivity index (χ0n) is 14.9. The van der Waals surface area contributed by atoms with Crippen molar-refractivity contribution in [3.05, 3.63) is 65.7 Å². The predicted octanol–water partition coefficient (Wildman–Crippen LogP) is 5.03. The molecule has 24 heavy (non-hydrogen) atoms. The van der Waals surface area contributed by atoms with E-state index in [1.807, 2.05) is 0 Å². The van der Waals surface area contributed by atoms with Crippen LogP contribution in [-0.4, -0.2) is 31.1 Å². The van der Waals surface area contributed by atoms with Crippen LogP contribution in [0, 0.1) is 6.92 Å². The highest BCUT2D eigenvalue weighted by atomic mass is 16.5. The minimum Gasteiger partial charge on any atom is -0.492 e. The van der Waals surface area contributed by atoms with Crippen molar-refractivity contribution in [3.63, 3.8) is 0 Å². The lowest BCUT2D eigenvalue weighted by atomic mass is 9.81. The van der Waals surface area contributed by atoms with Crippen molar-refractivity contribution in [2.45, 2.75) is 44.6 Å². The van der Waals surface area contributed by atoms with Crippen LogP contribution in [-0.2, 0) is 0 Å². The lowest BCUT2D eigenvalue weighted by Crippen LogP contribution is -2.37. The number of nitrogens with zero attached hydrogens (tertiary/aromatic N) is 1. The van der Waals surface area contributed by atoms with E-state index in [0.717, 1.165) is 24.8 Å². The van der Waals surface area contributed by atoms with E-state index in [1.165, 1.54) is 36.8 Å². The second kappa shape index (κ2) is 8.34. The van der Waals surface area contributed by atoms with Crippen LogP contribution < -0.4 is 4.74 Å². The molecule has 1 fully saturated rings. The van der Waals surface area contributed by atoms with E-state index in [-0.39, 0.29) is 0 Å². The van der Waals surface area contributed by atoms with Gasteiger partial charge in [0.15, 0.2) is 0 Å². The quantitative estimate of drug-likeness (QED) is 0.739. The van der Waals surface area contributed by atoms with E-state index in [9.17, 15) is 0 Å². The molecule has 0 aromatic heterocycles. The Bertz CT molecular complexity index is 600. The summed E-state index contributed by atoms with van der Waals surface area (Å²) in [6, 6.07) is 20.0. The van der Waals surface area contributed by atoms with Gasteiger partial charge >= 0.3 is 0 Å². The average Bonchev–Trinajstić information content (AvgIpc) is 2.64. The Balaban J connectivity index is 1.40. The molecule has 1 aliphatic rings. The maximum Gasteiger partial charge on any atom is 0.119 e. The molecule has 0 N–H and O–H groups in total. The van der Waals surface area contributed by atoms with Gasteiger partial charge in [-0.15, -0.1) is 0 Å². The van der Waals surface area contributed by atoms with E-state index in [2.05, 4.69) is 73.5 Å². The van der Waals surface area contributed by atoms with Gasteiger partial charge in [0.1, 0.15) is 12.4 Å². The zero-order chi connectivity index (χ0) is 16.8. The summed E-state index contributed by atoms with van der Waals surface area (Å²) in [6.07, 6.45) is 5.19. The molecule has 0 amide bonds. The van der Waals surface area contributed by atoms with Crippen molar-refractivity contribution in [2.75, 3.05) is 20.2 Å². The van der Waals surface area contributed by atoms with Gasteiger partial charge in [0.05, 0.1) is 0 Å². The summed E-state index contributed by atoms with van der Waals surface area (Å²) < 4.78 is 5.87. The average molecular weight is 323 g/mol. The number of benzene rings is 2. The number of hydrogen-bond donors (Lipinski definition) is 0. The molecular formula is C22H29NO. The first-order valence-electron chi connectivity index (χ1n) is 9.17. The molecule has 2 nitrogen and oxygen atoms in total. The van der Waals surface area contributed by atoms with Crippen LogP contribution in [0.3, 0.4) is 0 Å². The molecule has 1 saturated carbocycles. The molecule has 0 unspecified atom stereocenters. The molecule has 0 saturated heterocycles. The molecule has 0 atom stereocenters. The molecular weight excluding hydrogens is 294 g/mol. The van der Waals surface area contributed by atoms with E-state index in [4.69, 9.17) is 4.74 Å². The smallest absolute Gasteiger partial charge is 0.119 e. The van der Waals surface area contributed by atoms with Gasteiger partial charge in [-0.25, -0.2) is 0 Å². The van der Waals surface area contributed by atoms with Crippen molar-refractivity contribution >= 4 is 0 Å². The predicted molar refractivity (Wildman–Crippen MR) is 101 cm³/mol. The Hall–Kier alpha value is -1.80. The van der Waals surface area contributed by atoms with Gasteiger partial charge in [0, 0.05) is 12.6 Å². The van der Waals surface area contributed by atoms with Gasteiger partial charge in [0.2, 0.25) is 0 Å². The van der Waals surface area contributed by atoms with E-state index >= 15 is 0 Å². The molecule has 3 rings (SSSR count). The Morgan fingerprint density at radius 2 is 1.58 bits per heavy atom. The van der Waals surface area contributed by atoms with Crippen molar-refractivity contribution in [1.82, 2.24) is 4.90 Å². The lowest BCUT2D eigenvalue weighted by Gasteiger charge is -2.34. The van der Waals surface area contributed by atoms with Crippen molar-refractivity contribution in [3.8, 4) is 5.75 Å². The molecule has 0 spiro atoms. The van der Waals surface area contributed by atoms with Gasteiger partial charge in [-0.2, -0.15) is 0 Å². The fourth-order valence-electron chi connectivity index (χ4n) is 3.70. The van der Waals surface area contributed by atoms with Gasteiger partial charge in [-0.05, 0) is 63.3 Å². The summed E-state index contributed by atoms with van der Waals surface area (Å²) in [5.74, 6) is 1.72. The van der Waals surface area contributed by atoms with Crippen LogP contribution in [0.25, 0.3) is 0 Å². The Morgan fingerprint density at radius 3 is 2.25 bits per heavy atom. The van der Waals surface area contributed by atoms with Crippen LogP contribution in [0.15, 0.2) is 54.6 Å². The van der Waals surface area contributed by atoms with Gasteiger partial charge < -0.3 is 9.64 Å². The molecule has 2 aromatic rings. The first kappa shape index (κ1) is 17.0. The molecule has 1 aliphatic carbocycles. The minimum absolute atomic E-state index is 0.701. The van der Waals surface area contributed by atoms with Crippen LogP contribution in [0.2, 0.25) is 0 Å². The summed E-state index contributed by atoms with van der Waals surface area (Å²) in [7, 11) is 2.24. The van der Waals surface area contributed by atoms with Crippen LogP contribution in [0.4, 0.5) is 0 Å². The van der Waals surface area contributed by atoms with Crippen LogP contribution in [0.1, 0.15) is 42.7 Å². The topological polar surface area (TPSA) is 12.5 Å². The number of ether oxygens (including phenoxy) is 1. The second-order valence-corrected chi connectivity index (χ2v) is 7.06. The Morgan fingerprint density at radius 1 is 0.917 bits per heavy atom. The number of rotatable bonds is 6. The van der Waals surface area contributed by atoms with E-state index in [0.29, 0.717) is 6.04 Å². The lowest BCUT2D eigenvalue weighted by molar-refractivity contribution is 0.154. The summed E-state index contributed by atoms with van der Waals surface area (Å²) in [6.45, 7) is 3.86. The SMILES string of the molecule is Cc1ccc(OCCN(C)C2CCC(c3ccccc3)CC2)cc1. The van der Waals surface area contributed by atoms with Crippen LogP contribution in [0.5, 0.6) is 5.75 Å². The number of aryl methyl sites for hydroxylation is 1. The maximum absolute atomic E-state index is 5.87. The van der Waals surface area contributed by atoms with Gasteiger partial charge in [-0.1, -0.05) is 48.0 Å². The molecule has 2 aromatic carbocycles. The summed E-state index contributed by atoms with van der Waals surface area (Å²) >= 11 is 0. The summed E-state index contributed by atoms with van der Waals surface area (Å²) in [5.41, 5.74) is 2.79.